The first kappa shape index (κ1) is 17.1. The molecule has 0 fully saturated rings. The van der Waals surface area contributed by atoms with Crippen molar-refractivity contribution < 1.29 is 19.5 Å². The van der Waals surface area contributed by atoms with Gasteiger partial charge in [0, 0.05) is 36.9 Å². The molecule has 0 radical (unpaired) electrons. The van der Waals surface area contributed by atoms with Crippen LogP contribution in [0.3, 0.4) is 0 Å². The van der Waals surface area contributed by atoms with Gasteiger partial charge in [0.2, 0.25) is 5.91 Å². The Labute approximate surface area is 126 Å². The van der Waals surface area contributed by atoms with Crippen molar-refractivity contribution in [1.82, 2.24) is 15.6 Å². The van der Waals surface area contributed by atoms with Gasteiger partial charge < -0.3 is 10.4 Å². The quantitative estimate of drug-likeness (QED) is 0.703. The SMILES string of the molecule is Cc1csc(CCNC(=O)NC(=O)CC(C)CC(=O)O)n1. The van der Waals surface area contributed by atoms with Gasteiger partial charge in [0.25, 0.3) is 0 Å². The van der Waals surface area contributed by atoms with Crippen LogP contribution in [-0.2, 0) is 16.0 Å². The van der Waals surface area contributed by atoms with Crippen molar-refractivity contribution >= 4 is 29.2 Å². The van der Waals surface area contributed by atoms with Crippen LogP contribution in [0.5, 0.6) is 0 Å². The average Bonchev–Trinajstić information content (AvgIpc) is 2.73. The Bertz CT molecular complexity index is 515. The molecular weight excluding hydrogens is 294 g/mol. The average molecular weight is 313 g/mol. The van der Waals surface area contributed by atoms with E-state index >= 15 is 0 Å². The third kappa shape index (κ3) is 7.40. The number of amides is 3. The first-order valence-corrected chi connectivity index (χ1v) is 7.45. The molecule has 1 aromatic rings. The van der Waals surface area contributed by atoms with Crippen LogP contribution in [0.15, 0.2) is 5.38 Å². The number of aromatic nitrogens is 1. The van der Waals surface area contributed by atoms with Crippen molar-refractivity contribution in [2.45, 2.75) is 33.1 Å². The number of imide groups is 1. The molecule has 1 heterocycles. The van der Waals surface area contributed by atoms with E-state index in [9.17, 15) is 14.4 Å². The smallest absolute Gasteiger partial charge is 0.321 e. The topological polar surface area (TPSA) is 108 Å². The van der Waals surface area contributed by atoms with E-state index in [1.807, 2.05) is 12.3 Å². The predicted octanol–water partition coefficient (Wildman–Crippen LogP) is 1.32. The summed E-state index contributed by atoms with van der Waals surface area (Å²) in [7, 11) is 0. The van der Waals surface area contributed by atoms with Gasteiger partial charge in [-0.2, -0.15) is 0 Å². The van der Waals surface area contributed by atoms with Crippen LogP contribution in [0, 0.1) is 12.8 Å². The largest absolute Gasteiger partial charge is 0.481 e. The molecule has 21 heavy (non-hydrogen) atoms. The minimum atomic E-state index is -0.960. The van der Waals surface area contributed by atoms with Crippen molar-refractivity contribution in [3.05, 3.63) is 16.1 Å². The maximum atomic E-state index is 11.5. The first-order chi connectivity index (χ1) is 9.86. The molecule has 0 aliphatic rings. The Morgan fingerprint density at radius 3 is 2.67 bits per heavy atom. The molecule has 8 heteroatoms. The third-order valence-electron chi connectivity index (χ3n) is 2.60. The van der Waals surface area contributed by atoms with E-state index in [4.69, 9.17) is 5.11 Å². The van der Waals surface area contributed by atoms with Gasteiger partial charge >= 0.3 is 12.0 Å². The van der Waals surface area contributed by atoms with Crippen LogP contribution in [-0.4, -0.2) is 34.5 Å². The summed E-state index contributed by atoms with van der Waals surface area (Å²) in [6.07, 6.45) is 0.513. The van der Waals surface area contributed by atoms with E-state index in [1.54, 1.807) is 6.92 Å². The van der Waals surface area contributed by atoms with Crippen LogP contribution in [0.2, 0.25) is 0 Å². The molecular formula is C13H19N3O4S. The summed E-state index contributed by atoms with van der Waals surface area (Å²) in [6.45, 7) is 3.93. The molecule has 1 unspecified atom stereocenters. The number of carboxylic acid groups (broad SMARTS) is 1. The molecule has 0 aromatic carbocycles. The summed E-state index contributed by atoms with van der Waals surface area (Å²) < 4.78 is 0. The van der Waals surface area contributed by atoms with Crippen LogP contribution in [0.1, 0.15) is 30.5 Å². The highest BCUT2D eigenvalue weighted by Gasteiger charge is 2.14. The van der Waals surface area contributed by atoms with Crippen molar-refractivity contribution in [2.75, 3.05) is 6.54 Å². The molecule has 0 bridgehead atoms. The fourth-order valence-electron chi connectivity index (χ4n) is 1.71. The van der Waals surface area contributed by atoms with Crippen molar-refractivity contribution in [1.29, 1.82) is 0 Å². The van der Waals surface area contributed by atoms with Gasteiger partial charge in [-0.25, -0.2) is 9.78 Å². The Hall–Kier alpha value is -1.96. The van der Waals surface area contributed by atoms with E-state index in [1.165, 1.54) is 11.3 Å². The molecule has 1 atom stereocenters. The number of urea groups is 1. The van der Waals surface area contributed by atoms with Crippen LogP contribution < -0.4 is 10.6 Å². The second kappa shape index (κ2) is 8.35. The number of carbonyl (C=O) groups excluding carboxylic acids is 2. The molecule has 0 spiro atoms. The molecule has 7 nitrogen and oxygen atoms in total. The third-order valence-corrected chi connectivity index (χ3v) is 3.63. The second-order valence-electron chi connectivity index (χ2n) is 4.84. The lowest BCUT2D eigenvalue weighted by molar-refractivity contribution is -0.138. The lowest BCUT2D eigenvalue weighted by atomic mass is 10.0. The zero-order valence-corrected chi connectivity index (χ0v) is 12.8. The van der Waals surface area contributed by atoms with E-state index in [0.717, 1.165) is 10.7 Å². The fourth-order valence-corrected chi connectivity index (χ4v) is 2.49. The first-order valence-electron chi connectivity index (χ1n) is 6.57. The van der Waals surface area contributed by atoms with Gasteiger partial charge in [-0.05, 0) is 12.8 Å². The normalized spacial score (nSPS) is 11.7. The summed E-state index contributed by atoms with van der Waals surface area (Å²) in [5.74, 6) is -1.75. The maximum absolute atomic E-state index is 11.5. The van der Waals surface area contributed by atoms with E-state index in [2.05, 4.69) is 15.6 Å². The highest BCUT2D eigenvalue weighted by Crippen LogP contribution is 2.08. The summed E-state index contributed by atoms with van der Waals surface area (Å²) in [6, 6.07) is -0.573. The molecule has 3 amide bonds. The number of thiazole rings is 1. The number of aryl methyl sites for hydroxylation is 1. The zero-order chi connectivity index (χ0) is 15.8. The van der Waals surface area contributed by atoms with Gasteiger partial charge in [0.05, 0.1) is 5.01 Å². The monoisotopic (exact) mass is 313 g/mol. The molecule has 116 valence electrons. The van der Waals surface area contributed by atoms with Crippen molar-refractivity contribution in [2.24, 2.45) is 5.92 Å². The van der Waals surface area contributed by atoms with E-state index in [0.29, 0.717) is 13.0 Å². The number of aliphatic carboxylic acids is 1. The second-order valence-corrected chi connectivity index (χ2v) is 5.79. The number of hydrogen-bond donors (Lipinski definition) is 3. The van der Waals surface area contributed by atoms with Crippen LogP contribution in [0.4, 0.5) is 4.79 Å². The van der Waals surface area contributed by atoms with Gasteiger partial charge in [0.1, 0.15) is 0 Å². The number of carbonyl (C=O) groups is 3. The number of nitrogens with zero attached hydrogens (tertiary/aromatic N) is 1. The van der Waals surface area contributed by atoms with E-state index < -0.39 is 17.9 Å². The number of carboxylic acids is 1. The van der Waals surface area contributed by atoms with Crippen LogP contribution >= 0.6 is 11.3 Å². The predicted molar refractivity (Wildman–Crippen MR) is 78.1 cm³/mol. The van der Waals surface area contributed by atoms with E-state index in [-0.39, 0.29) is 18.8 Å². The van der Waals surface area contributed by atoms with Crippen molar-refractivity contribution in [3.8, 4) is 0 Å². The molecule has 0 aliphatic carbocycles. The Balaban J connectivity index is 2.20. The highest BCUT2D eigenvalue weighted by atomic mass is 32.1. The zero-order valence-electron chi connectivity index (χ0n) is 12.0. The summed E-state index contributed by atoms with van der Waals surface area (Å²) in [5, 5.41) is 16.2. The molecule has 0 saturated heterocycles. The molecule has 3 N–H and O–H groups in total. The number of hydrogen-bond acceptors (Lipinski definition) is 5. The minimum Gasteiger partial charge on any atom is -0.481 e. The van der Waals surface area contributed by atoms with Gasteiger partial charge in [0.15, 0.2) is 0 Å². The highest BCUT2D eigenvalue weighted by molar-refractivity contribution is 7.09. The minimum absolute atomic E-state index is 0.00535. The lowest BCUT2D eigenvalue weighted by Gasteiger charge is -2.09. The summed E-state index contributed by atoms with van der Waals surface area (Å²) in [4.78, 5) is 37.7. The van der Waals surface area contributed by atoms with Gasteiger partial charge in [-0.1, -0.05) is 6.92 Å². The van der Waals surface area contributed by atoms with Gasteiger partial charge in [-0.3, -0.25) is 14.9 Å². The Morgan fingerprint density at radius 1 is 1.38 bits per heavy atom. The Morgan fingerprint density at radius 2 is 2.10 bits per heavy atom. The molecule has 1 aromatic heterocycles. The summed E-state index contributed by atoms with van der Waals surface area (Å²) in [5.41, 5.74) is 0.946. The number of rotatable bonds is 7. The van der Waals surface area contributed by atoms with Gasteiger partial charge in [-0.15, -0.1) is 11.3 Å². The number of nitrogens with one attached hydrogen (secondary N) is 2. The standard InChI is InChI=1S/C13H19N3O4S/c1-8(6-12(18)19)5-10(17)16-13(20)14-4-3-11-15-9(2)7-21-11/h7-8H,3-6H2,1-2H3,(H,18,19)(H2,14,16,17,20). The fraction of sp³-hybridized carbons (Fsp3) is 0.538. The maximum Gasteiger partial charge on any atom is 0.321 e. The molecule has 0 aliphatic heterocycles. The van der Waals surface area contributed by atoms with Crippen molar-refractivity contribution in [3.63, 3.8) is 0 Å². The lowest BCUT2D eigenvalue weighted by Crippen LogP contribution is -2.40. The molecule has 0 saturated carbocycles. The molecule has 1 rings (SSSR count). The summed E-state index contributed by atoms with van der Waals surface area (Å²) >= 11 is 1.52. The van der Waals surface area contributed by atoms with Crippen LogP contribution in [0.25, 0.3) is 0 Å². The Kier molecular flexibility index (Phi) is 6.80.